The van der Waals surface area contributed by atoms with Crippen LogP contribution in [0.2, 0.25) is 0 Å². The first-order chi connectivity index (χ1) is 11.7. The Labute approximate surface area is 142 Å². The maximum Gasteiger partial charge on any atom is 0.224 e. The summed E-state index contributed by atoms with van der Waals surface area (Å²) in [5, 5.41) is 2.96. The number of aromatic nitrogens is 2. The number of nitrogens with one attached hydrogen (secondary N) is 1. The maximum absolute atomic E-state index is 12.4. The first-order valence-corrected chi connectivity index (χ1v) is 8.71. The smallest absolute Gasteiger partial charge is 0.224 e. The first-order valence-electron chi connectivity index (χ1n) is 8.71. The highest BCUT2D eigenvalue weighted by Gasteiger charge is 2.28. The molecule has 0 unspecified atom stereocenters. The third-order valence-corrected chi connectivity index (χ3v) is 4.63. The lowest BCUT2D eigenvalue weighted by atomic mass is 9.97. The molecule has 1 atom stereocenters. The van der Waals surface area contributed by atoms with Gasteiger partial charge >= 0.3 is 0 Å². The molecule has 130 valence electrons. The van der Waals surface area contributed by atoms with Crippen molar-refractivity contribution in [3.8, 4) is 0 Å². The van der Waals surface area contributed by atoms with E-state index >= 15 is 0 Å². The van der Waals surface area contributed by atoms with Crippen LogP contribution in [0, 0.1) is 5.92 Å². The van der Waals surface area contributed by atoms with Crippen molar-refractivity contribution in [2.45, 2.75) is 26.3 Å². The second-order valence-corrected chi connectivity index (χ2v) is 6.21. The van der Waals surface area contributed by atoms with Crippen LogP contribution in [-0.4, -0.2) is 48.8 Å². The average molecular weight is 330 g/mol. The van der Waals surface area contributed by atoms with Gasteiger partial charge in [-0.25, -0.2) is 4.98 Å². The van der Waals surface area contributed by atoms with E-state index in [9.17, 15) is 4.79 Å². The minimum atomic E-state index is 0.0146. The van der Waals surface area contributed by atoms with Gasteiger partial charge in [0.2, 0.25) is 11.9 Å². The van der Waals surface area contributed by atoms with Crippen LogP contribution in [0.15, 0.2) is 24.3 Å². The van der Waals surface area contributed by atoms with Gasteiger partial charge < -0.3 is 19.5 Å². The number of carbonyl (C=O) groups excluding carboxylic acids is 1. The molecule has 0 radical (unpaired) electrons. The third kappa shape index (κ3) is 3.38. The van der Waals surface area contributed by atoms with E-state index in [1.807, 2.05) is 18.2 Å². The van der Waals surface area contributed by atoms with Crippen LogP contribution in [0.4, 0.5) is 5.95 Å². The lowest BCUT2D eigenvalue weighted by molar-refractivity contribution is -0.125. The highest BCUT2D eigenvalue weighted by molar-refractivity contribution is 5.81. The Hall–Kier alpha value is -2.08. The van der Waals surface area contributed by atoms with E-state index in [1.165, 1.54) is 0 Å². The Balaban J connectivity index is 1.76. The number of anilines is 1. The number of imidazole rings is 1. The molecule has 0 spiro atoms. The number of aryl methyl sites for hydroxylation is 1. The zero-order chi connectivity index (χ0) is 16.9. The highest BCUT2D eigenvalue weighted by Crippen LogP contribution is 2.26. The molecule has 2 heterocycles. The van der Waals surface area contributed by atoms with E-state index in [0.717, 1.165) is 49.5 Å². The number of amides is 1. The summed E-state index contributed by atoms with van der Waals surface area (Å²) in [6.45, 7) is 5.80. The Morgan fingerprint density at radius 3 is 3.04 bits per heavy atom. The van der Waals surface area contributed by atoms with Gasteiger partial charge in [-0.2, -0.15) is 0 Å². The molecule has 0 saturated carbocycles. The fourth-order valence-electron chi connectivity index (χ4n) is 3.41. The van der Waals surface area contributed by atoms with Crippen molar-refractivity contribution in [1.29, 1.82) is 0 Å². The van der Waals surface area contributed by atoms with Crippen LogP contribution in [0.3, 0.4) is 0 Å². The molecular weight excluding hydrogens is 304 g/mol. The molecule has 24 heavy (non-hydrogen) atoms. The highest BCUT2D eigenvalue weighted by atomic mass is 16.5. The minimum Gasteiger partial charge on any atom is -0.383 e. The van der Waals surface area contributed by atoms with Crippen molar-refractivity contribution < 1.29 is 9.53 Å². The van der Waals surface area contributed by atoms with E-state index in [0.29, 0.717) is 13.2 Å². The number of para-hydroxylation sites is 2. The van der Waals surface area contributed by atoms with Crippen molar-refractivity contribution in [3.05, 3.63) is 24.3 Å². The predicted octanol–water partition coefficient (Wildman–Crippen LogP) is 2.04. The molecule has 1 aromatic heterocycles. The summed E-state index contributed by atoms with van der Waals surface area (Å²) in [5.74, 6) is 1.12. The quantitative estimate of drug-likeness (QED) is 0.824. The summed E-state index contributed by atoms with van der Waals surface area (Å²) in [5.41, 5.74) is 2.17. The van der Waals surface area contributed by atoms with Gasteiger partial charge in [0.1, 0.15) is 0 Å². The molecule has 6 nitrogen and oxygen atoms in total. The number of hydrogen-bond acceptors (Lipinski definition) is 4. The van der Waals surface area contributed by atoms with E-state index < -0.39 is 0 Å². The van der Waals surface area contributed by atoms with Gasteiger partial charge in [0, 0.05) is 33.3 Å². The normalized spacial score (nSPS) is 18.1. The Bertz CT molecular complexity index is 697. The van der Waals surface area contributed by atoms with Crippen LogP contribution >= 0.6 is 0 Å². The molecule has 1 N–H and O–H groups in total. The number of ether oxygens (including phenoxy) is 1. The number of piperidine rings is 1. The fraction of sp³-hybridized carbons (Fsp3) is 0.556. The summed E-state index contributed by atoms with van der Waals surface area (Å²) < 4.78 is 7.23. The zero-order valence-electron chi connectivity index (χ0n) is 14.5. The Morgan fingerprint density at radius 2 is 2.25 bits per heavy atom. The lowest BCUT2D eigenvalue weighted by Gasteiger charge is -2.33. The average Bonchev–Trinajstić information content (AvgIpc) is 3.00. The summed E-state index contributed by atoms with van der Waals surface area (Å²) >= 11 is 0. The maximum atomic E-state index is 12.4. The van der Waals surface area contributed by atoms with E-state index in [2.05, 4.69) is 27.8 Å². The number of nitrogens with zero attached hydrogens (tertiary/aromatic N) is 3. The number of benzene rings is 1. The van der Waals surface area contributed by atoms with Crippen LogP contribution in [0.1, 0.15) is 19.8 Å². The van der Waals surface area contributed by atoms with E-state index in [1.54, 1.807) is 7.11 Å². The Kier molecular flexibility index (Phi) is 5.35. The molecule has 2 aromatic rings. The van der Waals surface area contributed by atoms with Crippen LogP contribution < -0.4 is 10.2 Å². The van der Waals surface area contributed by atoms with Crippen LogP contribution in [-0.2, 0) is 16.1 Å². The molecule has 1 fully saturated rings. The van der Waals surface area contributed by atoms with Gasteiger partial charge in [-0.15, -0.1) is 0 Å². The number of rotatable bonds is 6. The SMILES string of the molecule is CCn1c(N2CCC[C@H](C(=O)NCCOC)C2)nc2ccccc21. The standard InChI is InChI=1S/C18H26N4O2/c1-3-22-16-9-5-4-8-15(16)20-18(22)21-11-6-7-14(13-21)17(23)19-10-12-24-2/h4-5,8-9,14H,3,6-7,10-13H2,1-2H3,(H,19,23)/t14-/m0/s1. The minimum absolute atomic E-state index is 0.0146. The van der Waals surface area contributed by atoms with Crippen molar-refractivity contribution in [2.75, 3.05) is 38.3 Å². The first kappa shape index (κ1) is 16.8. The van der Waals surface area contributed by atoms with Gasteiger partial charge in [0.25, 0.3) is 0 Å². The van der Waals surface area contributed by atoms with Crippen molar-refractivity contribution >= 4 is 22.9 Å². The van der Waals surface area contributed by atoms with Gasteiger partial charge in [-0.3, -0.25) is 4.79 Å². The van der Waals surface area contributed by atoms with Gasteiger partial charge in [-0.1, -0.05) is 12.1 Å². The van der Waals surface area contributed by atoms with Crippen molar-refractivity contribution in [1.82, 2.24) is 14.9 Å². The molecule has 1 amide bonds. The number of fused-ring (bicyclic) bond motifs is 1. The van der Waals surface area contributed by atoms with E-state index in [4.69, 9.17) is 9.72 Å². The summed E-state index contributed by atoms with van der Waals surface area (Å²) in [6, 6.07) is 8.21. The molecule has 1 aliphatic rings. The molecule has 6 heteroatoms. The molecule has 0 bridgehead atoms. The van der Waals surface area contributed by atoms with Gasteiger partial charge in [0.15, 0.2) is 0 Å². The van der Waals surface area contributed by atoms with Crippen LogP contribution in [0.5, 0.6) is 0 Å². The summed E-state index contributed by atoms with van der Waals surface area (Å²) in [6.07, 6.45) is 1.94. The fourth-order valence-corrected chi connectivity index (χ4v) is 3.41. The second-order valence-electron chi connectivity index (χ2n) is 6.21. The number of hydrogen-bond donors (Lipinski definition) is 1. The molecule has 1 saturated heterocycles. The predicted molar refractivity (Wildman–Crippen MR) is 95.2 cm³/mol. The molecule has 1 aliphatic heterocycles. The third-order valence-electron chi connectivity index (χ3n) is 4.63. The molecule has 0 aliphatic carbocycles. The molecular formula is C18H26N4O2. The topological polar surface area (TPSA) is 59.4 Å². The molecule has 3 rings (SSSR count). The van der Waals surface area contributed by atoms with Crippen molar-refractivity contribution in [2.24, 2.45) is 5.92 Å². The summed E-state index contributed by atoms with van der Waals surface area (Å²) in [4.78, 5) is 19.4. The van der Waals surface area contributed by atoms with Gasteiger partial charge in [0.05, 0.1) is 23.6 Å². The lowest BCUT2D eigenvalue weighted by Crippen LogP contribution is -2.44. The molecule has 1 aromatic carbocycles. The summed E-state index contributed by atoms with van der Waals surface area (Å²) in [7, 11) is 1.64. The van der Waals surface area contributed by atoms with Crippen LogP contribution in [0.25, 0.3) is 11.0 Å². The Morgan fingerprint density at radius 1 is 1.42 bits per heavy atom. The number of carbonyl (C=O) groups is 1. The second kappa shape index (κ2) is 7.66. The van der Waals surface area contributed by atoms with Crippen molar-refractivity contribution in [3.63, 3.8) is 0 Å². The monoisotopic (exact) mass is 330 g/mol. The number of methoxy groups -OCH3 is 1. The zero-order valence-corrected chi connectivity index (χ0v) is 14.5. The van der Waals surface area contributed by atoms with E-state index in [-0.39, 0.29) is 11.8 Å². The van der Waals surface area contributed by atoms with Gasteiger partial charge in [-0.05, 0) is 31.9 Å². The largest absolute Gasteiger partial charge is 0.383 e.